The zero-order chi connectivity index (χ0) is 48.6. The van der Waals surface area contributed by atoms with Crippen molar-refractivity contribution in [2.45, 2.75) is 96.8 Å². The van der Waals surface area contributed by atoms with E-state index in [1.54, 1.807) is 13.0 Å². The topological polar surface area (TPSA) is 119 Å². The van der Waals surface area contributed by atoms with Crippen LogP contribution >= 0.6 is 0 Å². The average molecular weight is 938 g/mol. The van der Waals surface area contributed by atoms with Gasteiger partial charge in [0.15, 0.2) is 5.71 Å². The Bertz CT molecular complexity index is 2900. The number of hydrogen-bond acceptors (Lipinski definition) is 5. The van der Waals surface area contributed by atoms with Crippen LogP contribution in [0, 0.1) is 5.82 Å². The minimum Gasteiger partial charge on any atom is -0.356 e. The summed E-state index contributed by atoms with van der Waals surface area (Å²) in [5.74, 6) is -1.24. The molecule has 7 rings (SSSR count). The fourth-order valence-corrected chi connectivity index (χ4v) is 10.5. The predicted molar refractivity (Wildman–Crippen MR) is 275 cm³/mol. The van der Waals surface area contributed by atoms with Gasteiger partial charge in [0, 0.05) is 66.1 Å². The fourth-order valence-electron chi connectivity index (χ4n) is 9.93. The number of nitrogens with one attached hydrogen (secondary N) is 2. The van der Waals surface area contributed by atoms with Crippen molar-refractivity contribution in [1.82, 2.24) is 10.6 Å². The van der Waals surface area contributed by atoms with Crippen LogP contribution in [0.3, 0.4) is 0 Å². The number of nitrogens with zero attached hydrogens (tertiary/aromatic N) is 2. The highest BCUT2D eigenvalue weighted by Gasteiger charge is 2.45. The Hall–Kier alpha value is -6.17. The first kappa shape index (κ1) is 49.7. The van der Waals surface area contributed by atoms with Crippen molar-refractivity contribution >= 4 is 49.8 Å². The Morgan fingerprint density at radius 2 is 1.54 bits per heavy atom. The first-order chi connectivity index (χ1) is 32.5. The van der Waals surface area contributed by atoms with Crippen LogP contribution in [-0.2, 0) is 37.0 Å². The molecule has 0 spiro atoms. The molecule has 5 aromatic carbocycles. The summed E-state index contributed by atoms with van der Waals surface area (Å²) in [6, 6.07) is 33.4. The van der Waals surface area contributed by atoms with E-state index in [2.05, 4.69) is 134 Å². The number of halogens is 1. The Balaban J connectivity index is 0.912. The molecule has 68 heavy (non-hydrogen) atoms. The van der Waals surface area contributed by atoms with Crippen LogP contribution in [-0.4, -0.2) is 67.0 Å². The molecule has 0 saturated carbocycles. The van der Waals surface area contributed by atoms with E-state index in [9.17, 15) is 27.0 Å². The van der Waals surface area contributed by atoms with Crippen LogP contribution in [0.1, 0.15) is 102 Å². The second kappa shape index (κ2) is 21.4. The van der Waals surface area contributed by atoms with Gasteiger partial charge in [0.25, 0.3) is 10.1 Å². The number of allylic oxidation sites excluding steroid dienone is 6. The second-order valence-corrected chi connectivity index (χ2v) is 20.6. The lowest BCUT2D eigenvalue weighted by atomic mass is 9.79. The van der Waals surface area contributed by atoms with Crippen molar-refractivity contribution in [2.75, 3.05) is 36.8 Å². The molecule has 9 nitrogen and oxygen atoms in total. The minimum atomic E-state index is -4.02. The van der Waals surface area contributed by atoms with Gasteiger partial charge in [-0.15, -0.1) is 0 Å². The molecule has 2 amide bonds. The largest absolute Gasteiger partial charge is 0.356 e. The Kier molecular flexibility index (Phi) is 15.7. The molecular formula is C57H66FN4O5S+. The molecule has 0 unspecified atom stereocenters. The highest BCUT2D eigenvalue weighted by molar-refractivity contribution is 7.85. The van der Waals surface area contributed by atoms with Gasteiger partial charge in [-0.1, -0.05) is 111 Å². The van der Waals surface area contributed by atoms with E-state index in [0.29, 0.717) is 43.6 Å². The minimum absolute atomic E-state index is 0.0255. The third kappa shape index (κ3) is 11.2. The number of carbonyl (C=O) groups excluding carboxylic acids is 2. The van der Waals surface area contributed by atoms with Crippen LogP contribution in [0.4, 0.5) is 15.8 Å². The molecular weight excluding hydrogens is 872 g/mol. The highest BCUT2D eigenvalue weighted by Crippen LogP contribution is 2.48. The standard InChI is InChI=1S/C57H65FN4O5S/c1-7-61-49-31-27-41(38-53(63)59-33-17-10-18-34-60-55(64)40(2)44-28-30-45(48(58)39-44)42-21-11-8-12-22-42)37-47(49)56(3,4)51(61)25-13-9-14-26-52-57(5,6)54-46-24-16-15-23-43(46)29-32-50(54)62(52)35-19-20-36-68(65,66)67/h8-9,11-16,21-32,37,39-40H,7,10,17-20,33-36,38H2,1-6H3,(H2-,59,60,63,64,65,66,67)/p+1/t40-/m0/s1. The zero-order valence-electron chi connectivity index (χ0n) is 40.3. The van der Waals surface area contributed by atoms with E-state index in [4.69, 9.17) is 0 Å². The second-order valence-electron chi connectivity index (χ2n) is 19.1. The van der Waals surface area contributed by atoms with Gasteiger partial charge >= 0.3 is 0 Å². The van der Waals surface area contributed by atoms with E-state index in [1.807, 2.05) is 42.5 Å². The molecule has 2 aliphatic heterocycles. The monoisotopic (exact) mass is 937 g/mol. The molecule has 0 saturated heterocycles. The molecule has 356 valence electrons. The number of benzene rings is 5. The molecule has 2 heterocycles. The molecule has 0 fully saturated rings. The summed E-state index contributed by atoms with van der Waals surface area (Å²) < 4.78 is 49.5. The van der Waals surface area contributed by atoms with E-state index in [1.165, 1.54) is 33.7 Å². The molecule has 5 aromatic rings. The van der Waals surface area contributed by atoms with Gasteiger partial charge in [-0.25, -0.2) is 4.39 Å². The van der Waals surface area contributed by atoms with Gasteiger partial charge in [-0.2, -0.15) is 13.0 Å². The summed E-state index contributed by atoms with van der Waals surface area (Å²) >= 11 is 0. The number of carbonyl (C=O) groups is 2. The number of fused-ring (bicyclic) bond motifs is 4. The Morgan fingerprint density at radius 3 is 2.28 bits per heavy atom. The molecule has 0 radical (unpaired) electrons. The van der Waals surface area contributed by atoms with Gasteiger partial charge < -0.3 is 15.5 Å². The van der Waals surface area contributed by atoms with Gasteiger partial charge in [0.2, 0.25) is 17.5 Å². The molecule has 0 aliphatic carbocycles. The van der Waals surface area contributed by atoms with Gasteiger partial charge in [-0.05, 0) is 111 Å². The summed E-state index contributed by atoms with van der Waals surface area (Å²) in [5, 5.41) is 8.43. The lowest BCUT2D eigenvalue weighted by molar-refractivity contribution is -0.438. The third-order valence-electron chi connectivity index (χ3n) is 13.6. The maximum atomic E-state index is 14.9. The zero-order valence-corrected chi connectivity index (χ0v) is 41.1. The van der Waals surface area contributed by atoms with Crippen LogP contribution in [0.25, 0.3) is 21.9 Å². The summed E-state index contributed by atoms with van der Waals surface area (Å²) in [4.78, 5) is 28.3. The van der Waals surface area contributed by atoms with Gasteiger partial charge in [0.1, 0.15) is 12.4 Å². The maximum Gasteiger partial charge on any atom is 0.264 e. The van der Waals surface area contributed by atoms with Crippen LogP contribution in [0.2, 0.25) is 0 Å². The quantitative estimate of drug-likeness (QED) is 0.0310. The molecule has 2 aliphatic rings. The van der Waals surface area contributed by atoms with Crippen molar-refractivity contribution in [3.8, 4) is 11.1 Å². The molecule has 1 atom stereocenters. The van der Waals surface area contributed by atoms with Crippen molar-refractivity contribution in [2.24, 2.45) is 0 Å². The van der Waals surface area contributed by atoms with Crippen molar-refractivity contribution < 1.29 is 31.5 Å². The normalized spacial score (nSPS) is 16.2. The first-order valence-corrected chi connectivity index (χ1v) is 25.6. The van der Waals surface area contributed by atoms with Gasteiger partial charge in [-0.3, -0.25) is 14.1 Å². The third-order valence-corrected chi connectivity index (χ3v) is 14.4. The average Bonchev–Trinajstić information content (AvgIpc) is 3.66. The molecule has 3 N–H and O–H groups in total. The predicted octanol–water partition coefficient (Wildman–Crippen LogP) is 11.3. The fraction of sp³-hybridized carbons (Fsp3) is 0.351. The Morgan fingerprint density at radius 1 is 0.809 bits per heavy atom. The highest BCUT2D eigenvalue weighted by atomic mass is 32.2. The van der Waals surface area contributed by atoms with Crippen molar-refractivity contribution in [3.05, 3.63) is 167 Å². The molecule has 0 aromatic heterocycles. The van der Waals surface area contributed by atoms with E-state index in [0.717, 1.165) is 54.0 Å². The van der Waals surface area contributed by atoms with Crippen molar-refractivity contribution in [3.63, 3.8) is 0 Å². The van der Waals surface area contributed by atoms with Crippen LogP contribution in [0.5, 0.6) is 0 Å². The van der Waals surface area contributed by atoms with Crippen LogP contribution < -0.4 is 15.5 Å². The smallest absolute Gasteiger partial charge is 0.264 e. The summed E-state index contributed by atoms with van der Waals surface area (Å²) in [7, 11) is -4.02. The van der Waals surface area contributed by atoms with Gasteiger partial charge in [0.05, 0.1) is 23.5 Å². The van der Waals surface area contributed by atoms with Crippen LogP contribution in [0.15, 0.2) is 139 Å². The number of amides is 2. The number of unbranched alkanes of at least 4 members (excludes halogenated alkanes) is 3. The number of hydrogen-bond donors (Lipinski definition) is 3. The number of anilines is 1. The lowest BCUT2D eigenvalue weighted by Crippen LogP contribution is -2.29. The maximum absolute atomic E-state index is 14.9. The SMILES string of the molecule is CCN1/C(=C/C=C/C=C/C2=[N+](CCCCS(=O)(=O)O)c3ccc4ccccc4c3C2(C)C)C(C)(C)c2cc(CC(=O)NCCCCCNC(=O)[C@@H](C)c3ccc(-c4ccccc4)c(F)c3)ccc21. The lowest BCUT2D eigenvalue weighted by Gasteiger charge is -2.25. The summed E-state index contributed by atoms with van der Waals surface area (Å²) in [6.45, 7) is 15.4. The Labute approximate surface area is 402 Å². The summed E-state index contributed by atoms with van der Waals surface area (Å²) in [5.41, 5.74) is 9.30. The molecule has 0 bridgehead atoms. The van der Waals surface area contributed by atoms with E-state index in [-0.39, 0.29) is 40.6 Å². The van der Waals surface area contributed by atoms with E-state index < -0.39 is 16.0 Å². The molecule has 11 heteroatoms. The van der Waals surface area contributed by atoms with E-state index >= 15 is 0 Å². The first-order valence-electron chi connectivity index (χ1n) is 24.0. The number of rotatable bonds is 20. The number of likely N-dealkylation sites (N-methyl/N-ethyl adjacent to an activating group) is 1. The summed E-state index contributed by atoms with van der Waals surface area (Å²) in [6.07, 6.45) is 14.2. The van der Waals surface area contributed by atoms with Crippen molar-refractivity contribution in [1.29, 1.82) is 0 Å².